The molecule has 150 valence electrons. The van der Waals surface area contributed by atoms with Crippen molar-refractivity contribution in [3.05, 3.63) is 23.9 Å². The Morgan fingerprint density at radius 3 is 2.48 bits per heavy atom. The molecule has 0 saturated carbocycles. The summed E-state index contributed by atoms with van der Waals surface area (Å²) in [6.45, 7) is 5.20. The molecule has 2 N–H and O–H groups in total. The Bertz CT molecular complexity index is 641. The van der Waals surface area contributed by atoms with Gasteiger partial charge in [-0.25, -0.2) is 4.98 Å². The van der Waals surface area contributed by atoms with Crippen LogP contribution in [-0.2, 0) is 15.8 Å². The Morgan fingerprint density at radius 2 is 1.96 bits per heavy atom. The molecule has 27 heavy (non-hydrogen) atoms. The Kier molecular flexibility index (Phi) is 7.04. The molecule has 1 aliphatic rings. The minimum Gasteiger partial charge on any atom is -0.357 e. The van der Waals surface area contributed by atoms with Crippen LogP contribution in [0.3, 0.4) is 0 Å². The van der Waals surface area contributed by atoms with E-state index in [2.05, 4.69) is 15.6 Å². The molecule has 0 spiro atoms. The van der Waals surface area contributed by atoms with Crippen molar-refractivity contribution in [3.63, 3.8) is 0 Å². The number of anilines is 1. The van der Waals surface area contributed by atoms with Crippen molar-refractivity contribution in [2.24, 2.45) is 5.92 Å². The fourth-order valence-corrected chi connectivity index (χ4v) is 2.91. The lowest BCUT2D eigenvalue weighted by atomic mass is 9.95. The predicted octanol–water partition coefficient (Wildman–Crippen LogP) is 2.35. The third kappa shape index (κ3) is 5.83. The zero-order valence-corrected chi connectivity index (χ0v) is 15.5. The van der Waals surface area contributed by atoms with E-state index in [-0.39, 0.29) is 17.7 Å². The van der Waals surface area contributed by atoms with Gasteiger partial charge in [-0.15, -0.1) is 0 Å². The van der Waals surface area contributed by atoms with Crippen LogP contribution in [0.2, 0.25) is 0 Å². The van der Waals surface area contributed by atoms with Gasteiger partial charge in [-0.1, -0.05) is 6.92 Å². The van der Waals surface area contributed by atoms with Gasteiger partial charge < -0.3 is 15.5 Å². The fourth-order valence-electron chi connectivity index (χ4n) is 2.91. The predicted molar refractivity (Wildman–Crippen MR) is 95.1 cm³/mol. The first-order valence-corrected chi connectivity index (χ1v) is 9.08. The summed E-state index contributed by atoms with van der Waals surface area (Å²) in [6, 6.07) is 1.76. The van der Waals surface area contributed by atoms with E-state index >= 15 is 0 Å². The number of hydrogen-bond acceptors (Lipinski definition) is 4. The van der Waals surface area contributed by atoms with Crippen LogP contribution in [-0.4, -0.2) is 42.5 Å². The summed E-state index contributed by atoms with van der Waals surface area (Å²) in [5, 5.41) is 5.46. The number of amides is 2. The summed E-state index contributed by atoms with van der Waals surface area (Å²) in [6.07, 6.45) is -1.65. The first-order valence-electron chi connectivity index (χ1n) is 9.08. The van der Waals surface area contributed by atoms with Crippen LogP contribution in [0, 0.1) is 5.92 Å². The lowest BCUT2D eigenvalue weighted by molar-refractivity contribution is -0.137. The smallest absolute Gasteiger partial charge is 0.357 e. The first kappa shape index (κ1) is 21.0. The molecule has 9 heteroatoms. The largest absolute Gasteiger partial charge is 0.417 e. The Hall–Kier alpha value is -2.32. The Morgan fingerprint density at radius 1 is 1.30 bits per heavy atom. The van der Waals surface area contributed by atoms with E-state index in [1.165, 1.54) is 6.07 Å². The maximum Gasteiger partial charge on any atom is 0.417 e. The second kappa shape index (κ2) is 9.05. The van der Waals surface area contributed by atoms with Crippen LogP contribution in [0.4, 0.5) is 19.0 Å². The zero-order valence-electron chi connectivity index (χ0n) is 15.5. The monoisotopic (exact) mass is 386 g/mol. The van der Waals surface area contributed by atoms with Gasteiger partial charge in [0.15, 0.2) is 0 Å². The maximum absolute atomic E-state index is 12.6. The van der Waals surface area contributed by atoms with E-state index in [4.69, 9.17) is 0 Å². The van der Waals surface area contributed by atoms with Gasteiger partial charge in [0.2, 0.25) is 11.8 Å². The molecular weight excluding hydrogens is 361 g/mol. The SMILES string of the molecule is CCCNC(=O)[C@@H](C)NC(=O)C1CCN(c2ccc(C(F)(F)F)cn2)CC1. The first-order chi connectivity index (χ1) is 12.7. The summed E-state index contributed by atoms with van der Waals surface area (Å²) in [7, 11) is 0. The number of nitrogens with zero attached hydrogens (tertiary/aromatic N) is 2. The number of aromatic nitrogens is 1. The van der Waals surface area contributed by atoms with Crippen LogP contribution in [0.25, 0.3) is 0 Å². The zero-order chi connectivity index (χ0) is 20.0. The fraction of sp³-hybridized carbons (Fsp3) is 0.611. The quantitative estimate of drug-likeness (QED) is 0.787. The van der Waals surface area contributed by atoms with Crippen molar-refractivity contribution < 1.29 is 22.8 Å². The molecular formula is C18H25F3N4O2. The van der Waals surface area contributed by atoms with Crippen LogP contribution in [0.5, 0.6) is 0 Å². The molecule has 1 saturated heterocycles. The Labute approximate surface area is 156 Å². The van der Waals surface area contributed by atoms with Crippen LogP contribution in [0.15, 0.2) is 18.3 Å². The number of hydrogen-bond donors (Lipinski definition) is 2. The summed E-state index contributed by atoms with van der Waals surface area (Å²) in [5.74, 6) is -0.142. The highest BCUT2D eigenvalue weighted by molar-refractivity contribution is 5.88. The molecule has 1 aromatic rings. The number of alkyl halides is 3. The molecule has 1 aromatic heterocycles. The highest BCUT2D eigenvalue weighted by atomic mass is 19.4. The van der Waals surface area contributed by atoms with Gasteiger partial charge in [0, 0.05) is 31.7 Å². The number of halogens is 3. The van der Waals surface area contributed by atoms with Crippen molar-refractivity contribution in [3.8, 4) is 0 Å². The standard InChI is InChI=1S/C18H25F3N4O2/c1-3-8-22-16(26)12(2)24-17(27)13-6-9-25(10-7-13)15-5-4-14(11-23-15)18(19,20)21/h4-5,11-13H,3,6-10H2,1-2H3,(H,22,26)(H,24,27)/t12-/m1/s1. The highest BCUT2D eigenvalue weighted by Gasteiger charge is 2.31. The number of carbonyl (C=O) groups excluding carboxylic acids is 2. The summed E-state index contributed by atoms with van der Waals surface area (Å²) >= 11 is 0. The average Bonchev–Trinajstić information content (AvgIpc) is 2.65. The van der Waals surface area contributed by atoms with Crippen LogP contribution in [0.1, 0.15) is 38.7 Å². The molecule has 2 heterocycles. The second-order valence-corrected chi connectivity index (χ2v) is 6.69. The molecule has 0 aromatic carbocycles. The number of pyridine rings is 1. The number of rotatable bonds is 6. The van der Waals surface area contributed by atoms with Crippen molar-refractivity contribution in [2.45, 2.75) is 45.3 Å². The molecule has 0 aliphatic carbocycles. The van der Waals surface area contributed by atoms with E-state index in [1.54, 1.807) is 6.92 Å². The van der Waals surface area contributed by atoms with Gasteiger partial charge in [0.1, 0.15) is 11.9 Å². The van der Waals surface area contributed by atoms with E-state index in [0.29, 0.717) is 38.3 Å². The molecule has 0 bridgehead atoms. The van der Waals surface area contributed by atoms with Crippen LogP contribution >= 0.6 is 0 Å². The van der Waals surface area contributed by atoms with Crippen LogP contribution < -0.4 is 15.5 Å². The van der Waals surface area contributed by atoms with Gasteiger partial charge in [-0.05, 0) is 38.3 Å². The van der Waals surface area contributed by atoms with Gasteiger partial charge in [0.05, 0.1) is 5.56 Å². The van der Waals surface area contributed by atoms with Gasteiger partial charge in [-0.2, -0.15) is 13.2 Å². The van der Waals surface area contributed by atoms with E-state index in [1.807, 2.05) is 11.8 Å². The van der Waals surface area contributed by atoms with Crippen molar-refractivity contribution in [1.29, 1.82) is 0 Å². The molecule has 0 unspecified atom stereocenters. The summed E-state index contributed by atoms with van der Waals surface area (Å²) in [4.78, 5) is 29.9. The lowest BCUT2D eigenvalue weighted by Crippen LogP contribution is -2.48. The average molecular weight is 386 g/mol. The van der Waals surface area contributed by atoms with Crippen molar-refractivity contribution in [1.82, 2.24) is 15.6 Å². The van der Waals surface area contributed by atoms with Gasteiger partial charge in [0.25, 0.3) is 0 Å². The molecule has 1 fully saturated rings. The third-order valence-corrected chi connectivity index (χ3v) is 4.57. The molecule has 1 aliphatic heterocycles. The molecule has 1 atom stereocenters. The second-order valence-electron chi connectivity index (χ2n) is 6.69. The molecule has 6 nitrogen and oxygen atoms in total. The summed E-state index contributed by atoms with van der Waals surface area (Å²) < 4.78 is 37.8. The van der Waals surface area contributed by atoms with E-state index in [0.717, 1.165) is 18.7 Å². The minimum absolute atomic E-state index is 0.172. The molecule has 2 rings (SSSR count). The molecule has 0 radical (unpaired) electrons. The number of nitrogens with one attached hydrogen (secondary N) is 2. The van der Waals surface area contributed by atoms with Gasteiger partial charge >= 0.3 is 6.18 Å². The molecule has 2 amide bonds. The topological polar surface area (TPSA) is 74.3 Å². The highest BCUT2D eigenvalue weighted by Crippen LogP contribution is 2.30. The minimum atomic E-state index is -4.41. The van der Waals surface area contributed by atoms with Crippen molar-refractivity contribution in [2.75, 3.05) is 24.5 Å². The van der Waals surface area contributed by atoms with Gasteiger partial charge in [-0.3, -0.25) is 9.59 Å². The normalized spacial score (nSPS) is 16.7. The van der Waals surface area contributed by atoms with Crippen molar-refractivity contribution >= 4 is 17.6 Å². The van der Waals surface area contributed by atoms with E-state index in [9.17, 15) is 22.8 Å². The summed E-state index contributed by atoms with van der Waals surface area (Å²) in [5.41, 5.74) is -0.782. The Balaban J connectivity index is 1.84. The van der Waals surface area contributed by atoms with E-state index < -0.39 is 17.8 Å². The number of piperidine rings is 1. The lowest BCUT2D eigenvalue weighted by Gasteiger charge is -2.32. The number of carbonyl (C=O) groups is 2. The third-order valence-electron chi connectivity index (χ3n) is 4.57. The maximum atomic E-state index is 12.6.